The molecule has 0 aromatic rings. The van der Waals surface area contributed by atoms with Crippen molar-refractivity contribution in [3.05, 3.63) is 0 Å². The number of piperidine rings is 1. The lowest BCUT2D eigenvalue weighted by atomic mass is 9.99. The van der Waals surface area contributed by atoms with Gasteiger partial charge in [-0.15, -0.1) is 0 Å². The van der Waals surface area contributed by atoms with Crippen LogP contribution in [0.2, 0.25) is 0 Å². The predicted molar refractivity (Wildman–Crippen MR) is 46.5 cm³/mol. The monoisotopic (exact) mass is 193 g/mol. The Balaban J connectivity index is 2.47. The maximum Gasteiger partial charge on any atom is 0.276 e. The molecule has 0 radical (unpaired) electrons. The molecule has 4 N–H and O–H groups in total. The Bertz CT molecular complexity index is 231. The summed E-state index contributed by atoms with van der Waals surface area (Å²) in [6.07, 6.45) is 1.65. The molecular weight excluding hydrogens is 178 g/mol. The lowest BCUT2D eigenvalue weighted by molar-refractivity contribution is 0.278. The van der Waals surface area contributed by atoms with Gasteiger partial charge < -0.3 is 5.73 Å². The van der Waals surface area contributed by atoms with Crippen LogP contribution < -0.4 is 10.9 Å². The second kappa shape index (κ2) is 3.69. The Hall–Kier alpha value is -0.170. The number of rotatable bonds is 2. The molecular formula is C6H15N3O2S. The summed E-state index contributed by atoms with van der Waals surface area (Å²) < 4.78 is 23.0. The second-order valence-electron chi connectivity index (χ2n) is 3.12. The molecule has 12 heavy (non-hydrogen) atoms. The van der Waals surface area contributed by atoms with Gasteiger partial charge in [-0.2, -0.15) is 12.7 Å². The zero-order valence-electron chi connectivity index (χ0n) is 6.94. The van der Waals surface area contributed by atoms with Gasteiger partial charge in [0.15, 0.2) is 0 Å². The number of nitrogens with zero attached hydrogens (tertiary/aromatic N) is 1. The van der Waals surface area contributed by atoms with Crippen molar-refractivity contribution in [2.45, 2.75) is 12.8 Å². The van der Waals surface area contributed by atoms with E-state index in [2.05, 4.69) is 0 Å². The third-order valence-electron chi connectivity index (χ3n) is 2.27. The molecule has 0 spiro atoms. The van der Waals surface area contributed by atoms with E-state index in [1.807, 2.05) is 0 Å². The molecule has 6 heteroatoms. The highest BCUT2D eigenvalue weighted by molar-refractivity contribution is 7.86. The van der Waals surface area contributed by atoms with Gasteiger partial charge in [0, 0.05) is 13.1 Å². The smallest absolute Gasteiger partial charge is 0.276 e. The fourth-order valence-electron chi connectivity index (χ4n) is 1.40. The molecule has 1 aliphatic rings. The van der Waals surface area contributed by atoms with E-state index in [0.717, 1.165) is 12.8 Å². The minimum Gasteiger partial charge on any atom is -0.330 e. The van der Waals surface area contributed by atoms with Crippen molar-refractivity contribution < 1.29 is 8.42 Å². The largest absolute Gasteiger partial charge is 0.330 e. The van der Waals surface area contributed by atoms with Crippen molar-refractivity contribution >= 4 is 10.2 Å². The average molecular weight is 193 g/mol. The van der Waals surface area contributed by atoms with E-state index < -0.39 is 10.2 Å². The predicted octanol–water partition coefficient (Wildman–Crippen LogP) is -1.14. The van der Waals surface area contributed by atoms with Gasteiger partial charge in [0.05, 0.1) is 0 Å². The molecule has 0 aromatic heterocycles. The Kier molecular flexibility index (Phi) is 3.05. The van der Waals surface area contributed by atoms with E-state index in [1.165, 1.54) is 4.31 Å². The molecule has 0 aliphatic carbocycles. The van der Waals surface area contributed by atoms with Crippen molar-refractivity contribution in [3.63, 3.8) is 0 Å². The molecule has 0 bridgehead atoms. The zero-order chi connectivity index (χ0) is 9.19. The molecule has 0 amide bonds. The topological polar surface area (TPSA) is 89.4 Å². The standard InChI is InChI=1S/C6H15N3O2S/c7-5-6-1-3-9(4-2-6)12(8,10)11/h6H,1-5,7H2,(H2,8,10,11). The summed E-state index contributed by atoms with van der Waals surface area (Å²) >= 11 is 0. The molecule has 1 rings (SSSR count). The maximum atomic E-state index is 10.9. The van der Waals surface area contributed by atoms with Gasteiger partial charge in [-0.1, -0.05) is 0 Å². The molecule has 0 atom stereocenters. The summed E-state index contributed by atoms with van der Waals surface area (Å²) in [5.41, 5.74) is 5.46. The van der Waals surface area contributed by atoms with Crippen LogP contribution in [-0.2, 0) is 10.2 Å². The van der Waals surface area contributed by atoms with Crippen LogP contribution in [0.25, 0.3) is 0 Å². The van der Waals surface area contributed by atoms with Gasteiger partial charge >= 0.3 is 0 Å². The molecule has 1 aliphatic heterocycles. The first-order chi connectivity index (χ1) is 5.54. The summed E-state index contributed by atoms with van der Waals surface area (Å²) in [6.45, 7) is 1.67. The quantitative estimate of drug-likeness (QED) is 0.581. The van der Waals surface area contributed by atoms with Gasteiger partial charge in [0.1, 0.15) is 0 Å². The van der Waals surface area contributed by atoms with Crippen LogP contribution in [0.5, 0.6) is 0 Å². The molecule has 5 nitrogen and oxygen atoms in total. The van der Waals surface area contributed by atoms with Gasteiger partial charge in [-0.3, -0.25) is 0 Å². The molecule has 1 fully saturated rings. The second-order valence-corrected chi connectivity index (χ2v) is 4.67. The van der Waals surface area contributed by atoms with E-state index in [9.17, 15) is 8.42 Å². The first-order valence-electron chi connectivity index (χ1n) is 4.02. The van der Waals surface area contributed by atoms with Crippen molar-refractivity contribution in [3.8, 4) is 0 Å². The average Bonchev–Trinajstić information content (AvgIpc) is 2.03. The van der Waals surface area contributed by atoms with Crippen LogP contribution in [0.1, 0.15) is 12.8 Å². The molecule has 72 valence electrons. The van der Waals surface area contributed by atoms with Crippen LogP contribution in [-0.4, -0.2) is 32.4 Å². The van der Waals surface area contributed by atoms with E-state index in [4.69, 9.17) is 10.9 Å². The summed E-state index contributed by atoms with van der Waals surface area (Å²) in [4.78, 5) is 0. The highest BCUT2D eigenvalue weighted by atomic mass is 32.2. The minimum absolute atomic E-state index is 0.461. The van der Waals surface area contributed by atoms with Gasteiger partial charge in [-0.05, 0) is 25.3 Å². The fraction of sp³-hybridized carbons (Fsp3) is 1.00. The molecule has 1 saturated heterocycles. The van der Waals surface area contributed by atoms with Crippen molar-refractivity contribution in [2.75, 3.05) is 19.6 Å². The summed E-state index contributed by atoms with van der Waals surface area (Å²) in [6, 6.07) is 0. The van der Waals surface area contributed by atoms with Crippen LogP contribution in [0.15, 0.2) is 0 Å². The Morgan fingerprint density at radius 2 is 1.83 bits per heavy atom. The highest BCUT2D eigenvalue weighted by Gasteiger charge is 2.24. The number of hydrogen-bond acceptors (Lipinski definition) is 3. The summed E-state index contributed by atoms with van der Waals surface area (Å²) in [5.74, 6) is 0.461. The van der Waals surface area contributed by atoms with Crippen LogP contribution in [0, 0.1) is 5.92 Å². The lowest BCUT2D eigenvalue weighted by Gasteiger charge is -2.28. The Labute approximate surface area is 72.9 Å². The first-order valence-corrected chi connectivity index (χ1v) is 5.52. The third-order valence-corrected chi connectivity index (χ3v) is 3.35. The summed E-state index contributed by atoms with van der Waals surface area (Å²) in [7, 11) is -3.47. The van der Waals surface area contributed by atoms with Crippen molar-refractivity contribution in [2.24, 2.45) is 16.8 Å². The third kappa shape index (κ3) is 2.41. The highest BCUT2D eigenvalue weighted by Crippen LogP contribution is 2.16. The molecule has 0 aromatic carbocycles. The Morgan fingerprint density at radius 1 is 1.33 bits per heavy atom. The number of hydrogen-bond donors (Lipinski definition) is 2. The Morgan fingerprint density at radius 3 is 2.17 bits per heavy atom. The number of nitrogens with two attached hydrogens (primary N) is 2. The van der Waals surface area contributed by atoms with Gasteiger partial charge in [0.25, 0.3) is 10.2 Å². The van der Waals surface area contributed by atoms with E-state index in [-0.39, 0.29) is 0 Å². The van der Waals surface area contributed by atoms with Crippen LogP contribution in [0.4, 0.5) is 0 Å². The minimum atomic E-state index is -3.47. The van der Waals surface area contributed by atoms with Gasteiger partial charge in [-0.25, -0.2) is 5.14 Å². The maximum absolute atomic E-state index is 10.9. The first kappa shape index (κ1) is 9.91. The van der Waals surface area contributed by atoms with Gasteiger partial charge in [0.2, 0.25) is 0 Å². The molecule has 1 heterocycles. The lowest BCUT2D eigenvalue weighted by Crippen LogP contribution is -2.43. The van der Waals surface area contributed by atoms with E-state index in [1.54, 1.807) is 0 Å². The van der Waals surface area contributed by atoms with E-state index in [0.29, 0.717) is 25.6 Å². The molecule has 0 unspecified atom stereocenters. The normalized spacial score (nSPS) is 22.8. The summed E-state index contributed by atoms with van der Waals surface area (Å²) in [5, 5.41) is 4.96. The van der Waals surface area contributed by atoms with E-state index >= 15 is 0 Å². The van der Waals surface area contributed by atoms with Crippen LogP contribution in [0.3, 0.4) is 0 Å². The SMILES string of the molecule is NCC1CCN(S(N)(=O)=O)CC1. The molecule has 0 saturated carbocycles. The van der Waals surface area contributed by atoms with Crippen molar-refractivity contribution in [1.82, 2.24) is 4.31 Å². The van der Waals surface area contributed by atoms with Crippen LogP contribution >= 0.6 is 0 Å². The fourth-order valence-corrected chi connectivity index (χ4v) is 2.12. The van der Waals surface area contributed by atoms with Crippen molar-refractivity contribution in [1.29, 1.82) is 0 Å². The zero-order valence-corrected chi connectivity index (χ0v) is 7.76.